The highest BCUT2D eigenvalue weighted by molar-refractivity contribution is 5.23. The standard InChI is InChI=1S/C13H20N4O2/c1-9(10-6-5-7-18-10)15-12-17-16-11(19-12)8-14-13(2,3)4/h5-7,9,14H,8H2,1-4H3,(H,15,17). The monoisotopic (exact) mass is 264 g/mol. The van der Waals surface area contributed by atoms with Crippen molar-refractivity contribution in [3.05, 3.63) is 30.0 Å². The van der Waals surface area contributed by atoms with E-state index in [0.717, 1.165) is 5.76 Å². The van der Waals surface area contributed by atoms with Gasteiger partial charge in [0.15, 0.2) is 0 Å². The Hall–Kier alpha value is -1.82. The average molecular weight is 264 g/mol. The van der Waals surface area contributed by atoms with Gasteiger partial charge in [0, 0.05) is 5.54 Å². The first-order chi connectivity index (χ1) is 8.94. The van der Waals surface area contributed by atoms with Crippen LogP contribution in [-0.2, 0) is 6.54 Å². The second-order valence-electron chi connectivity index (χ2n) is 5.49. The maximum atomic E-state index is 5.51. The molecule has 0 spiro atoms. The predicted octanol–water partition coefficient (Wildman–Crippen LogP) is 2.72. The van der Waals surface area contributed by atoms with Crippen LogP contribution in [0.1, 0.15) is 45.4 Å². The van der Waals surface area contributed by atoms with Gasteiger partial charge in [0.25, 0.3) is 0 Å². The molecule has 2 heterocycles. The fourth-order valence-corrected chi connectivity index (χ4v) is 1.52. The van der Waals surface area contributed by atoms with E-state index in [4.69, 9.17) is 8.83 Å². The predicted molar refractivity (Wildman–Crippen MR) is 71.6 cm³/mol. The van der Waals surface area contributed by atoms with E-state index in [2.05, 4.69) is 41.6 Å². The summed E-state index contributed by atoms with van der Waals surface area (Å²) >= 11 is 0. The zero-order valence-corrected chi connectivity index (χ0v) is 11.7. The molecule has 19 heavy (non-hydrogen) atoms. The molecule has 0 fully saturated rings. The molecule has 0 aliphatic rings. The summed E-state index contributed by atoms with van der Waals surface area (Å²) in [6, 6.07) is 4.13. The number of hydrogen-bond acceptors (Lipinski definition) is 6. The summed E-state index contributed by atoms with van der Waals surface area (Å²) in [6.45, 7) is 8.77. The van der Waals surface area contributed by atoms with Gasteiger partial charge >= 0.3 is 6.01 Å². The molecular formula is C13H20N4O2. The van der Waals surface area contributed by atoms with Gasteiger partial charge in [-0.2, -0.15) is 0 Å². The minimum atomic E-state index is -0.0149. The van der Waals surface area contributed by atoms with Crippen molar-refractivity contribution >= 4 is 6.01 Å². The second kappa shape index (κ2) is 5.44. The smallest absolute Gasteiger partial charge is 0.316 e. The first-order valence-electron chi connectivity index (χ1n) is 6.31. The lowest BCUT2D eigenvalue weighted by Crippen LogP contribution is -2.35. The Bertz CT molecular complexity index is 499. The van der Waals surface area contributed by atoms with Gasteiger partial charge in [0.1, 0.15) is 5.76 Å². The molecule has 0 aliphatic heterocycles. The molecule has 2 aromatic heterocycles. The Morgan fingerprint density at radius 3 is 2.74 bits per heavy atom. The lowest BCUT2D eigenvalue weighted by Gasteiger charge is -2.18. The first kappa shape index (κ1) is 13.6. The molecule has 1 atom stereocenters. The maximum Gasteiger partial charge on any atom is 0.316 e. The van der Waals surface area contributed by atoms with Crippen molar-refractivity contribution < 1.29 is 8.83 Å². The number of nitrogens with zero attached hydrogens (tertiary/aromatic N) is 2. The Morgan fingerprint density at radius 1 is 1.32 bits per heavy atom. The molecule has 0 aromatic carbocycles. The minimum absolute atomic E-state index is 0.0149. The summed E-state index contributed by atoms with van der Waals surface area (Å²) in [4.78, 5) is 0. The van der Waals surface area contributed by atoms with Gasteiger partial charge in [0.2, 0.25) is 5.89 Å². The van der Waals surface area contributed by atoms with Crippen LogP contribution < -0.4 is 10.6 Å². The minimum Gasteiger partial charge on any atom is -0.467 e. The van der Waals surface area contributed by atoms with Crippen LogP contribution in [0.5, 0.6) is 0 Å². The first-order valence-corrected chi connectivity index (χ1v) is 6.31. The highest BCUT2D eigenvalue weighted by atomic mass is 16.4. The van der Waals surface area contributed by atoms with E-state index in [-0.39, 0.29) is 11.6 Å². The summed E-state index contributed by atoms with van der Waals surface area (Å²) in [5.74, 6) is 1.39. The Labute approximate surface area is 112 Å². The zero-order valence-electron chi connectivity index (χ0n) is 11.7. The fraction of sp³-hybridized carbons (Fsp3) is 0.538. The van der Waals surface area contributed by atoms with Crippen molar-refractivity contribution in [1.29, 1.82) is 0 Å². The normalized spacial score (nSPS) is 13.5. The van der Waals surface area contributed by atoms with Crippen molar-refractivity contribution in [3.8, 4) is 0 Å². The third-order valence-corrected chi connectivity index (χ3v) is 2.55. The van der Waals surface area contributed by atoms with Crippen LogP contribution in [0.4, 0.5) is 6.01 Å². The molecule has 1 unspecified atom stereocenters. The lowest BCUT2D eigenvalue weighted by atomic mass is 10.1. The van der Waals surface area contributed by atoms with Gasteiger partial charge in [-0.15, -0.1) is 5.10 Å². The summed E-state index contributed by atoms with van der Waals surface area (Å²) in [5.41, 5.74) is 0.0174. The molecule has 6 heteroatoms. The van der Waals surface area contributed by atoms with E-state index in [0.29, 0.717) is 18.5 Å². The average Bonchev–Trinajstić information content (AvgIpc) is 2.96. The van der Waals surface area contributed by atoms with Crippen LogP contribution in [0.25, 0.3) is 0 Å². The molecule has 2 rings (SSSR count). The van der Waals surface area contributed by atoms with Crippen LogP contribution >= 0.6 is 0 Å². The number of anilines is 1. The maximum absolute atomic E-state index is 5.51. The fourth-order valence-electron chi connectivity index (χ4n) is 1.52. The van der Waals surface area contributed by atoms with Crippen molar-refractivity contribution in [3.63, 3.8) is 0 Å². The quantitative estimate of drug-likeness (QED) is 0.864. The van der Waals surface area contributed by atoms with E-state index >= 15 is 0 Å². The number of aromatic nitrogens is 2. The van der Waals surface area contributed by atoms with Crippen LogP contribution in [0.3, 0.4) is 0 Å². The van der Waals surface area contributed by atoms with E-state index in [1.165, 1.54) is 0 Å². The third-order valence-electron chi connectivity index (χ3n) is 2.55. The molecule has 0 aliphatic carbocycles. The van der Waals surface area contributed by atoms with Gasteiger partial charge in [-0.3, -0.25) is 0 Å². The summed E-state index contributed by atoms with van der Waals surface area (Å²) < 4.78 is 10.8. The van der Waals surface area contributed by atoms with Crippen LogP contribution in [-0.4, -0.2) is 15.7 Å². The number of hydrogen-bond donors (Lipinski definition) is 2. The summed E-state index contributed by atoms with van der Waals surface area (Å²) in [5, 5.41) is 14.3. The van der Waals surface area contributed by atoms with Crippen molar-refractivity contribution in [2.75, 3.05) is 5.32 Å². The Balaban J connectivity index is 1.90. The summed E-state index contributed by atoms with van der Waals surface area (Å²) in [7, 11) is 0. The van der Waals surface area contributed by atoms with E-state index in [9.17, 15) is 0 Å². The van der Waals surface area contributed by atoms with Crippen LogP contribution in [0, 0.1) is 0 Å². The molecule has 0 saturated carbocycles. The van der Waals surface area contributed by atoms with Gasteiger partial charge in [0.05, 0.1) is 18.8 Å². The van der Waals surface area contributed by atoms with Crippen molar-refractivity contribution in [2.24, 2.45) is 0 Å². The molecule has 104 valence electrons. The molecule has 0 bridgehead atoms. The number of nitrogens with one attached hydrogen (secondary N) is 2. The SMILES string of the molecule is CC(Nc1nnc(CNC(C)(C)C)o1)c1ccco1. The van der Waals surface area contributed by atoms with E-state index < -0.39 is 0 Å². The molecule has 0 saturated heterocycles. The van der Waals surface area contributed by atoms with E-state index in [1.807, 2.05) is 19.1 Å². The highest BCUT2D eigenvalue weighted by Gasteiger charge is 2.14. The molecule has 0 amide bonds. The van der Waals surface area contributed by atoms with Crippen molar-refractivity contribution in [1.82, 2.24) is 15.5 Å². The Morgan fingerprint density at radius 2 is 2.11 bits per heavy atom. The van der Waals surface area contributed by atoms with Crippen LogP contribution in [0.15, 0.2) is 27.2 Å². The molecule has 6 nitrogen and oxygen atoms in total. The van der Waals surface area contributed by atoms with Gasteiger partial charge < -0.3 is 19.5 Å². The highest BCUT2D eigenvalue weighted by Crippen LogP contribution is 2.18. The van der Waals surface area contributed by atoms with Crippen molar-refractivity contribution in [2.45, 2.75) is 45.8 Å². The number of rotatable bonds is 5. The Kier molecular flexibility index (Phi) is 3.90. The molecule has 2 N–H and O–H groups in total. The topological polar surface area (TPSA) is 76.1 Å². The van der Waals surface area contributed by atoms with E-state index in [1.54, 1.807) is 6.26 Å². The largest absolute Gasteiger partial charge is 0.467 e. The van der Waals surface area contributed by atoms with Gasteiger partial charge in [-0.05, 0) is 39.8 Å². The third kappa shape index (κ3) is 4.10. The lowest BCUT2D eigenvalue weighted by molar-refractivity contribution is 0.382. The van der Waals surface area contributed by atoms with Crippen LogP contribution in [0.2, 0.25) is 0 Å². The van der Waals surface area contributed by atoms with Gasteiger partial charge in [-0.25, -0.2) is 0 Å². The second-order valence-corrected chi connectivity index (χ2v) is 5.49. The zero-order chi connectivity index (χ0) is 13.9. The number of furan rings is 1. The summed E-state index contributed by atoms with van der Waals surface area (Å²) in [6.07, 6.45) is 1.64. The molecule has 2 aromatic rings. The van der Waals surface area contributed by atoms with Gasteiger partial charge in [-0.1, -0.05) is 5.10 Å². The molecular weight excluding hydrogens is 244 g/mol. The molecule has 0 radical (unpaired) electrons.